The van der Waals surface area contributed by atoms with Crippen LogP contribution >= 0.6 is 0 Å². The number of para-hydroxylation sites is 1. The molecular formula is C19H22N2O2. The number of hydrogen-bond acceptors (Lipinski definition) is 3. The molecule has 1 saturated heterocycles. The van der Waals surface area contributed by atoms with Crippen molar-refractivity contribution in [2.75, 3.05) is 25.0 Å². The van der Waals surface area contributed by atoms with Crippen LogP contribution in [0.2, 0.25) is 0 Å². The topological polar surface area (TPSA) is 50.4 Å². The van der Waals surface area contributed by atoms with Gasteiger partial charge in [0.1, 0.15) is 0 Å². The summed E-state index contributed by atoms with van der Waals surface area (Å²) in [6.45, 7) is 2.26. The maximum absolute atomic E-state index is 12.3. The maximum Gasteiger partial charge on any atom is 0.227 e. The SMILES string of the molecule is O=C(CC1CNCCO1)Nc1ccccc1Cc1ccccc1. The van der Waals surface area contributed by atoms with Crippen LogP contribution in [-0.4, -0.2) is 31.7 Å². The smallest absolute Gasteiger partial charge is 0.227 e. The minimum Gasteiger partial charge on any atom is -0.375 e. The first-order chi connectivity index (χ1) is 11.3. The van der Waals surface area contributed by atoms with E-state index in [0.29, 0.717) is 13.0 Å². The predicted molar refractivity (Wildman–Crippen MR) is 91.5 cm³/mol. The van der Waals surface area contributed by atoms with Crippen molar-refractivity contribution in [3.8, 4) is 0 Å². The zero-order valence-electron chi connectivity index (χ0n) is 13.1. The number of anilines is 1. The Morgan fingerprint density at radius 1 is 1.13 bits per heavy atom. The highest BCUT2D eigenvalue weighted by Gasteiger charge is 2.17. The summed E-state index contributed by atoms with van der Waals surface area (Å²) in [5.74, 6) is -0.000730. The van der Waals surface area contributed by atoms with Gasteiger partial charge in [0, 0.05) is 18.8 Å². The molecule has 0 spiro atoms. The molecule has 1 aliphatic heterocycles. The van der Waals surface area contributed by atoms with Gasteiger partial charge in [0.15, 0.2) is 0 Å². The molecule has 2 N–H and O–H groups in total. The lowest BCUT2D eigenvalue weighted by molar-refractivity contribution is -0.119. The molecule has 1 atom stereocenters. The van der Waals surface area contributed by atoms with Crippen LogP contribution < -0.4 is 10.6 Å². The van der Waals surface area contributed by atoms with E-state index in [1.807, 2.05) is 36.4 Å². The summed E-state index contributed by atoms with van der Waals surface area (Å²) >= 11 is 0. The molecule has 1 fully saturated rings. The Kier molecular flexibility index (Phi) is 5.40. The number of nitrogens with one attached hydrogen (secondary N) is 2. The zero-order valence-corrected chi connectivity index (χ0v) is 13.1. The molecule has 0 aliphatic carbocycles. The summed E-state index contributed by atoms with van der Waals surface area (Å²) in [4.78, 5) is 12.3. The van der Waals surface area contributed by atoms with Gasteiger partial charge in [0.2, 0.25) is 5.91 Å². The maximum atomic E-state index is 12.3. The minimum absolute atomic E-state index is 0.000730. The number of carbonyl (C=O) groups excluding carboxylic acids is 1. The van der Waals surface area contributed by atoms with Gasteiger partial charge in [0.25, 0.3) is 0 Å². The molecule has 4 heteroatoms. The van der Waals surface area contributed by atoms with Gasteiger partial charge in [-0.25, -0.2) is 0 Å². The first kappa shape index (κ1) is 15.7. The van der Waals surface area contributed by atoms with Gasteiger partial charge in [-0.3, -0.25) is 4.79 Å². The monoisotopic (exact) mass is 310 g/mol. The third-order valence-corrected chi connectivity index (χ3v) is 3.95. The Balaban J connectivity index is 1.64. The van der Waals surface area contributed by atoms with E-state index in [9.17, 15) is 4.79 Å². The molecule has 0 saturated carbocycles. The van der Waals surface area contributed by atoms with Crippen molar-refractivity contribution in [3.63, 3.8) is 0 Å². The number of rotatable bonds is 5. The minimum atomic E-state index is -0.0370. The first-order valence-electron chi connectivity index (χ1n) is 8.05. The Morgan fingerprint density at radius 2 is 1.91 bits per heavy atom. The summed E-state index contributed by atoms with van der Waals surface area (Å²) in [6.07, 6.45) is 1.15. The lowest BCUT2D eigenvalue weighted by atomic mass is 10.0. The Morgan fingerprint density at radius 3 is 2.70 bits per heavy atom. The molecule has 1 unspecified atom stereocenters. The second kappa shape index (κ2) is 7.90. The van der Waals surface area contributed by atoms with Crippen molar-refractivity contribution in [2.45, 2.75) is 18.9 Å². The van der Waals surface area contributed by atoms with E-state index in [2.05, 4.69) is 28.8 Å². The summed E-state index contributed by atoms with van der Waals surface area (Å²) < 4.78 is 5.59. The number of morpholine rings is 1. The average Bonchev–Trinajstić information content (AvgIpc) is 2.58. The van der Waals surface area contributed by atoms with E-state index in [-0.39, 0.29) is 12.0 Å². The fourth-order valence-corrected chi connectivity index (χ4v) is 2.77. The van der Waals surface area contributed by atoms with E-state index in [0.717, 1.165) is 30.8 Å². The standard InChI is InChI=1S/C19H22N2O2/c22-19(13-17-14-20-10-11-23-17)21-18-9-5-4-8-16(18)12-15-6-2-1-3-7-15/h1-9,17,20H,10-14H2,(H,21,22). The number of carbonyl (C=O) groups is 1. The van der Waals surface area contributed by atoms with Crippen LogP contribution in [0.4, 0.5) is 5.69 Å². The van der Waals surface area contributed by atoms with E-state index < -0.39 is 0 Å². The molecule has 2 aromatic rings. The van der Waals surface area contributed by atoms with Crippen LogP contribution in [-0.2, 0) is 16.0 Å². The Labute approximate surface area is 136 Å². The van der Waals surface area contributed by atoms with Gasteiger partial charge in [-0.05, 0) is 23.6 Å². The Hall–Kier alpha value is -2.17. The summed E-state index contributed by atoms with van der Waals surface area (Å²) in [5.41, 5.74) is 3.23. The van der Waals surface area contributed by atoms with Crippen molar-refractivity contribution in [1.29, 1.82) is 0 Å². The average molecular weight is 310 g/mol. The van der Waals surface area contributed by atoms with Crippen molar-refractivity contribution in [3.05, 3.63) is 65.7 Å². The second-order valence-corrected chi connectivity index (χ2v) is 5.77. The highest BCUT2D eigenvalue weighted by molar-refractivity contribution is 5.91. The van der Waals surface area contributed by atoms with E-state index in [1.54, 1.807) is 0 Å². The fourth-order valence-electron chi connectivity index (χ4n) is 2.77. The van der Waals surface area contributed by atoms with Crippen LogP contribution in [0.3, 0.4) is 0 Å². The molecular weight excluding hydrogens is 288 g/mol. The fraction of sp³-hybridized carbons (Fsp3) is 0.316. The normalized spacial score (nSPS) is 17.7. The van der Waals surface area contributed by atoms with E-state index in [1.165, 1.54) is 5.56 Å². The third kappa shape index (κ3) is 4.65. The number of amides is 1. The summed E-state index contributed by atoms with van der Waals surface area (Å²) in [5, 5.41) is 6.27. The molecule has 2 aromatic carbocycles. The summed E-state index contributed by atoms with van der Waals surface area (Å²) in [6, 6.07) is 18.2. The van der Waals surface area contributed by atoms with Crippen LogP contribution in [0.25, 0.3) is 0 Å². The van der Waals surface area contributed by atoms with Crippen LogP contribution in [0.1, 0.15) is 17.5 Å². The van der Waals surface area contributed by atoms with Crippen molar-refractivity contribution in [1.82, 2.24) is 5.32 Å². The molecule has 1 aliphatic rings. The van der Waals surface area contributed by atoms with Crippen molar-refractivity contribution >= 4 is 11.6 Å². The second-order valence-electron chi connectivity index (χ2n) is 5.77. The molecule has 0 aromatic heterocycles. The van der Waals surface area contributed by atoms with Gasteiger partial charge in [-0.15, -0.1) is 0 Å². The lowest BCUT2D eigenvalue weighted by Gasteiger charge is -2.23. The predicted octanol–water partition coefficient (Wildman–Crippen LogP) is 2.59. The largest absolute Gasteiger partial charge is 0.375 e. The number of hydrogen-bond donors (Lipinski definition) is 2. The highest BCUT2D eigenvalue weighted by Crippen LogP contribution is 2.19. The zero-order chi connectivity index (χ0) is 15.9. The molecule has 1 amide bonds. The van der Waals surface area contributed by atoms with Gasteiger partial charge in [-0.2, -0.15) is 0 Å². The van der Waals surface area contributed by atoms with Gasteiger partial charge < -0.3 is 15.4 Å². The molecule has 3 rings (SSSR count). The van der Waals surface area contributed by atoms with Crippen molar-refractivity contribution in [2.24, 2.45) is 0 Å². The van der Waals surface area contributed by atoms with Crippen LogP contribution in [0.5, 0.6) is 0 Å². The lowest BCUT2D eigenvalue weighted by Crippen LogP contribution is -2.40. The van der Waals surface area contributed by atoms with Gasteiger partial charge in [0.05, 0.1) is 19.1 Å². The first-order valence-corrected chi connectivity index (χ1v) is 8.05. The number of ether oxygens (including phenoxy) is 1. The number of benzene rings is 2. The summed E-state index contributed by atoms with van der Waals surface area (Å²) in [7, 11) is 0. The van der Waals surface area contributed by atoms with Crippen LogP contribution in [0.15, 0.2) is 54.6 Å². The molecule has 23 heavy (non-hydrogen) atoms. The molecule has 1 heterocycles. The van der Waals surface area contributed by atoms with Crippen molar-refractivity contribution < 1.29 is 9.53 Å². The molecule has 0 bridgehead atoms. The Bertz CT molecular complexity index is 637. The van der Waals surface area contributed by atoms with Gasteiger partial charge >= 0.3 is 0 Å². The van der Waals surface area contributed by atoms with E-state index in [4.69, 9.17) is 4.74 Å². The van der Waals surface area contributed by atoms with E-state index >= 15 is 0 Å². The molecule has 4 nitrogen and oxygen atoms in total. The molecule has 120 valence electrons. The van der Waals surface area contributed by atoms with Crippen LogP contribution in [0, 0.1) is 0 Å². The quantitative estimate of drug-likeness (QED) is 0.892. The third-order valence-electron chi connectivity index (χ3n) is 3.95. The highest BCUT2D eigenvalue weighted by atomic mass is 16.5. The van der Waals surface area contributed by atoms with Gasteiger partial charge in [-0.1, -0.05) is 48.5 Å². The molecule has 0 radical (unpaired) electrons.